The predicted molar refractivity (Wildman–Crippen MR) is 141 cm³/mol. The monoisotopic (exact) mass is 487 g/mol. The van der Waals surface area contributed by atoms with E-state index in [1.165, 1.54) is 0 Å². The molecule has 188 valence electrons. The van der Waals surface area contributed by atoms with Gasteiger partial charge in [-0.2, -0.15) is 0 Å². The molecule has 1 aliphatic rings. The summed E-state index contributed by atoms with van der Waals surface area (Å²) in [6.07, 6.45) is -0.313. The number of ether oxygens (including phenoxy) is 2. The lowest BCUT2D eigenvalue weighted by molar-refractivity contribution is -0.181. The number of esters is 1. The first-order valence-electron chi connectivity index (χ1n) is 12.1. The fraction of sp³-hybridized carbons (Fsp3) is 0.310. The van der Waals surface area contributed by atoms with Crippen molar-refractivity contribution < 1.29 is 19.4 Å². The number of anilines is 1. The molecule has 36 heavy (non-hydrogen) atoms. The molecular weight excluding hydrogens is 454 g/mol. The van der Waals surface area contributed by atoms with Gasteiger partial charge in [-0.1, -0.05) is 48.5 Å². The van der Waals surface area contributed by atoms with Crippen LogP contribution in [0.1, 0.15) is 49.2 Å². The van der Waals surface area contributed by atoms with Crippen LogP contribution in [0.15, 0.2) is 89.9 Å². The fourth-order valence-corrected chi connectivity index (χ4v) is 3.99. The van der Waals surface area contributed by atoms with Crippen molar-refractivity contribution in [3.05, 3.63) is 96.1 Å². The summed E-state index contributed by atoms with van der Waals surface area (Å²) >= 11 is 0. The van der Waals surface area contributed by atoms with Crippen LogP contribution in [-0.2, 0) is 9.47 Å². The van der Waals surface area contributed by atoms with E-state index < -0.39 is 18.0 Å². The van der Waals surface area contributed by atoms with E-state index in [1.54, 1.807) is 12.1 Å². The maximum atomic E-state index is 12.5. The average Bonchev–Trinajstić information content (AvgIpc) is 2.84. The van der Waals surface area contributed by atoms with Crippen LogP contribution in [-0.4, -0.2) is 42.1 Å². The summed E-state index contributed by atoms with van der Waals surface area (Å²) in [6, 6.07) is 27.8. The van der Waals surface area contributed by atoms with Gasteiger partial charge in [0.1, 0.15) is 12.4 Å². The summed E-state index contributed by atoms with van der Waals surface area (Å²) in [7, 11) is 0. The Balaban J connectivity index is 1.37. The zero-order valence-electron chi connectivity index (χ0n) is 20.9. The third kappa shape index (κ3) is 6.79. The SMILES string of the molecule is CC(C)(C)OC(O)NCCOC(=O)c1ccc(C2CC(=Nc3ccccc3)N2c2ccccc2)cc1. The van der Waals surface area contributed by atoms with Crippen LogP contribution in [0, 0.1) is 0 Å². The molecule has 1 heterocycles. The number of carbonyl (C=O) groups excluding carboxylic acids is 1. The Morgan fingerprint density at radius 1 is 1.03 bits per heavy atom. The minimum Gasteiger partial charge on any atom is -0.461 e. The second kappa shape index (κ2) is 11.5. The number of amidine groups is 1. The lowest BCUT2D eigenvalue weighted by Crippen LogP contribution is -2.46. The predicted octanol–water partition coefficient (Wildman–Crippen LogP) is 5.21. The third-order valence-electron chi connectivity index (χ3n) is 5.66. The molecule has 2 unspecified atom stereocenters. The maximum Gasteiger partial charge on any atom is 0.338 e. The summed E-state index contributed by atoms with van der Waals surface area (Å²) in [5.74, 6) is 0.598. The van der Waals surface area contributed by atoms with Crippen molar-refractivity contribution in [1.29, 1.82) is 0 Å². The van der Waals surface area contributed by atoms with Gasteiger partial charge >= 0.3 is 5.97 Å². The van der Waals surface area contributed by atoms with Gasteiger partial charge in [-0.05, 0) is 62.7 Å². The van der Waals surface area contributed by atoms with E-state index >= 15 is 0 Å². The standard InChI is InChI=1S/C29H33N3O4/c1-29(2,3)36-28(34)30-18-19-35-27(33)22-16-14-21(15-17-22)25-20-26(31-23-10-6-4-7-11-23)32(25)24-12-8-5-9-13-24/h4-17,25,28,30,34H,18-20H2,1-3H3. The van der Waals surface area contributed by atoms with Crippen LogP contribution in [0.5, 0.6) is 0 Å². The summed E-state index contributed by atoms with van der Waals surface area (Å²) in [4.78, 5) is 19.5. The van der Waals surface area contributed by atoms with Crippen molar-refractivity contribution in [2.45, 2.75) is 45.2 Å². The number of carbonyl (C=O) groups is 1. The molecule has 2 atom stereocenters. The largest absolute Gasteiger partial charge is 0.461 e. The number of rotatable bonds is 9. The molecule has 0 spiro atoms. The molecule has 0 bridgehead atoms. The highest BCUT2D eigenvalue weighted by atomic mass is 16.6. The van der Waals surface area contributed by atoms with E-state index in [-0.39, 0.29) is 19.2 Å². The number of benzene rings is 3. The smallest absolute Gasteiger partial charge is 0.338 e. The Morgan fingerprint density at radius 3 is 2.31 bits per heavy atom. The molecule has 1 saturated heterocycles. The number of nitrogens with zero attached hydrogens (tertiary/aromatic N) is 2. The molecule has 0 aliphatic carbocycles. The first-order chi connectivity index (χ1) is 17.3. The topological polar surface area (TPSA) is 83.4 Å². The van der Waals surface area contributed by atoms with E-state index in [4.69, 9.17) is 14.5 Å². The van der Waals surface area contributed by atoms with Gasteiger partial charge < -0.3 is 19.5 Å². The van der Waals surface area contributed by atoms with Gasteiger partial charge in [0.2, 0.25) is 6.41 Å². The first kappa shape index (κ1) is 25.6. The molecule has 4 rings (SSSR count). The van der Waals surface area contributed by atoms with Crippen molar-refractivity contribution in [2.75, 3.05) is 18.1 Å². The fourth-order valence-electron chi connectivity index (χ4n) is 3.99. The number of hydrogen-bond acceptors (Lipinski definition) is 6. The van der Waals surface area contributed by atoms with Gasteiger partial charge in [0.15, 0.2) is 0 Å². The molecular formula is C29H33N3O4. The van der Waals surface area contributed by atoms with Crippen molar-refractivity contribution in [2.24, 2.45) is 4.99 Å². The third-order valence-corrected chi connectivity index (χ3v) is 5.66. The summed E-state index contributed by atoms with van der Waals surface area (Å²) in [5, 5.41) is 12.6. The molecule has 0 radical (unpaired) electrons. The number of aliphatic hydroxyl groups is 1. The lowest BCUT2D eigenvalue weighted by Gasteiger charge is -2.44. The number of nitrogens with one attached hydrogen (secondary N) is 1. The Labute approximate surface area is 212 Å². The van der Waals surface area contributed by atoms with Crippen LogP contribution >= 0.6 is 0 Å². The normalized spacial score (nSPS) is 17.5. The second-order valence-electron chi connectivity index (χ2n) is 9.58. The molecule has 7 nitrogen and oxygen atoms in total. The van der Waals surface area contributed by atoms with E-state index in [0.29, 0.717) is 5.56 Å². The average molecular weight is 488 g/mol. The Hall–Kier alpha value is -3.52. The van der Waals surface area contributed by atoms with Crippen molar-refractivity contribution >= 4 is 23.2 Å². The Kier molecular flexibility index (Phi) is 8.15. The van der Waals surface area contributed by atoms with Crippen LogP contribution in [0.4, 0.5) is 11.4 Å². The van der Waals surface area contributed by atoms with Crippen LogP contribution in [0.2, 0.25) is 0 Å². The molecule has 2 N–H and O–H groups in total. The molecule has 1 aliphatic heterocycles. The van der Waals surface area contributed by atoms with Gasteiger partial charge in [0.05, 0.1) is 22.9 Å². The van der Waals surface area contributed by atoms with Gasteiger partial charge in [-0.25, -0.2) is 9.79 Å². The minimum atomic E-state index is -1.12. The van der Waals surface area contributed by atoms with E-state index in [9.17, 15) is 9.90 Å². The number of hydrogen-bond donors (Lipinski definition) is 2. The molecule has 0 aromatic heterocycles. The van der Waals surface area contributed by atoms with Crippen molar-refractivity contribution in [3.8, 4) is 0 Å². The summed E-state index contributed by atoms with van der Waals surface area (Å²) in [6.45, 7) is 5.94. The van der Waals surface area contributed by atoms with E-state index in [0.717, 1.165) is 29.2 Å². The molecule has 3 aromatic carbocycles. The van der Waals surface area contributed by atoms with E-state index in [2.05, 4.69) is 22.3 Å². The molecule has 0 amide bonds. The summed E-state index contributed by atoms with van der Waals surface area (Å²) < 4.78 is 10.7. The van der Waals surface area contributed by atoms with Gasteiger partial charge in [0, 0.05) is 18.7 Å². The number of para-hydroxylation sites is 2. The second-order valence-corrected chi connectivity index (χ2v) is 9.58. The van der Waals surface area contributed by atoms with Crippen LogP contribution in [0.3, 0.4) is 0 Å². The van der Waals surface area contributed by atoms with Crippen molar-refractivity contribution in [3.63, 3.8) is 0 Å². The highest BCUT2D eigenvalue weighted by Crippen LogP contribution is 2.40. The Morgan fingerprint density at radius 2 is 1.67 bits per heavy atom. The first-order valence-corrected chi connectivity index (χ1v) is 12.1. The maximum absolute atomic E-state index is 12.5. The van der Waals surface area contributed by atoms with Crippen molar-refractivity contribution in [1.82, 2.24) is 5.32 Å². The van der Waals surface area contributed by atoms with Gasteiger partial charge in [-0.15, -0.1) is 0 Å². The van der Waals surface area contributed by atoms with Crippen LogP contribution in [0.25, 0.3) is 0 Å². The quantitative estimate of drug-likeness (QED) is 0.245. The van der Waals surface area contributed by atoms with E-state index in [1.807, 2.05) is 81.4 Å². The van der Waals surface area contributed by atoms with Gasteiger partial charge in [0.25, 0.3) is 0 Å². The van der Waals surface area contributed by atoms with Gasteiger partial charge in [-0.3, -0.25) is 5.32 Å². The number of aliphatic hydroxyl groups excluding tert-OH is 1. The highest BCUT2D eigenvalue weighted by Gasteiger charge is 2.36. The molecule has 0 saturated carbocycles. The molecule has 1 fully saturated rings. The zero-order chi connectivity index (χ0) is 25.5. The Bertz CT molecular complexity index is 1160. The zero-order valence-corrected chi connectivity index (χ0v) is 20.9. The number of aliphatic imine (C=N–C) groups is 1. The lowest BCUT2D eigenvalue weighted by atomic mass is 9.91. The molecule has 7 heteroatoms. The summed E-state index contributed by atoms with van der Waals surface area (Å²) in [5.41, 5.74) is 3.12. The molecule has 3 aromatic rings. The highest BCUT2D eigenvalue weighted by molar-refractivity contribution is 6.06. The minimum absolute atomic E-state index is 0.120. The van der Waals surface area contributed by atoms with Crippen LogP contribution < -0.4 is 10.2 Å².